The van der Waals surface area contributed by atoms with Crippen molar-refractivity contribution in [3.8, 4) is 0 Å². The van der Waals surface area contributed by atoms with Crippen LogP contribution in [0.25, 0.3) is 0 Å². The number of fused-ring (bicyclic) bond motifs is 1. The molecular weight excluding hydrogens is 235 g/mol. The van der Waals surface area contributed by atoms with Gasteiger partial charge in [0.1, 0.15) is 5.01 Å². The Labute approximate surface area is 85.0 Å². The average molecular weight is 245 g/mol. The zero-order chi connectivity index (χ0) is 9.47. The molecule has 1 nitrogen and oxygen atoms in total. The van der Waals surface area contributed by atoms with Crippen molar-refractivity contribution in [2.45, 2.75) is 17.6 Å². The van der Waals surface area contributed by atoms with E-state index in [0.29, 0.717) is 0 Å². The predicted molar refractivity (Wildman–Crippen MR) is 52.5 cm³/mol. The molecule has 2 rings (SSSR count). The van der Waals surface area contributed by atoms with Gasteiger partial charge in [0.15, 0.2) is 5.67 Å². The number of halogens is 2. The van der Waals surface area contributed by atoms with E-state index in [9.17, 15) is 4.39 Å². The van der Waals surface area contributed by atoms with Crippen LogP contribution in [0.5, 0.6) is 0 Å². The van der Waals surface area contributed by atoms with Gasteiger partial charge in [-0.15, -0.1) is 0 Å². The van der Waals surface area contributed by atoms with Gasteiger partial charge in [-0.05, 0) is 18.1 Å². The minimum Gasteiger partial charge on any atom is -0.359 e. The van der Waals surface area contributed by atoms with Crippen molar-refractivity contribution in [1.82, 2.24) is 0 Å². The smallest absolute Gasteiger partial charge is 0.156 e. The lowest BCUT2D eigenvalue weighted by Gasteiger charge is -2.31. The van der Waals surface area contributed by atoms with Gasteiger partial charge in [0.25, 0.3) is 0 Å². The first-order chi connectivity index (χ1) is 6.11. The first kappa shape index (κ1) is 9.16. The Morgan fingerprint density at radius 3 is 2.92 bits per heavy atom. The van der Waals surface area contributed by atoms with E-state index in [1.165, 1.54) is 0 Å². The molecule has 0 bridgehead atoms. The van der Waals surface area contributed by atoms with Gasteiger partial charge in [0, 0.05) is 0 Å². The number of alkyl halides is 2. The number of ether oxygens (including phenoxy) is 1. The Morgan fingerprint density at radius 1 is 1.54 bits per heavy atom. The van der Waals surface area contributed by atoms with Gasteiger partial charge < -0.3 is 4.74 Å². The molecule has 1 aliphatic heterocycles. The number of hydrogen-bond acceptors (Lipinski definition) is 1. The van der Waals surface area contributed by atoms with E-state index < -0.39 is 5.67 Å². The average Bonchev–Trinajstić information content (AvgIpc) is 2.13. The predicted octanol–water partition coefficient (Wildman–Crippen LogP) is 3.30. The summed E-state index contributed by atoms with van der Waals surface area (Å²) in [7, 11) is 0. The molecule has 3 heteroatoms. The first-order valence-electron chi connectivity index (χ1n) is 4.15. The van der Waals surface area contributed by atoms with E-state index >= 15 is 0 Å². The summed E-state index contributed by atoms with van der Waals surface area (Å²) >= 11 is 3.35. The minimum atomic E-state index is -1.36. The second-order valence-electron chi connectivity index (χ2n) is 3.41. The van der Waals surface area contributed by atoms with Crippen LogP contribution >= 0.6 is 15.9 Å². The van der Waals surface area contributed by atoms with E-state index in [-0.39, 0.29) is 11.6 Å². The zero-order valence-electron chi connectivity index (χ0n) is 7.26. The van der Waals surface area contributed by atoms with Crippen LogP contribution in [-0.4, -0.2) is 6.61 Å². The highest BCUT2D eigenvalue weighted by Gasteiger charge is 2.35. The molecule has 0 fully saturated rings. The first-order valence-corrected chi connectivity index (χ1v) is 5.07. The Hall–Kier alpha value is -0.410. The van der Waals surface area contributed by atoms with E-state index in [0.717, 1.165) is 11.1 Å². The monoisotopic (exact) mass is 244 g/mol. The lowest BCUT2D eigenvalue weighted by atomic mass is 9.92. The zero-order valence-corrected chi connectivity index (χ0v) is 8.84. The molecule has 2 atom stereocenters. The van der Waals surface area contributed by atoms with Crippen molar-refractivity contribution in [2.75, 3.05) is 6.61 Å². The van der Waals surface area contributed by atoms with Gasteiger partial charge in [-0.1, -0.05) is 40.2 Å². The molecule has 1 heterocycles. The molecule has 13 heavy (non-hydrogen) atoms. The van der Waals surface area contributed by atoms with Gasteiger partial charge in [-0.25, -0.2) is 4.39 Å². The third kappa shape index (κ3) is 1.51. The molecule has 0 saturated carbocycles. The highest BCUT2D eigenvalue weighted by molar-refractivity contribution is 9.09. The van der Waals surface area contributed by atoms with Crippen molar-refractivity contribution in [1.29, 1.82) is 0 Å². The van der Waals surface area contributed by atoms with E-state index in [2.05, 4.69) is 15.9 Å². The molecule has 1 aliphatic rings. The number of rotatable bonds is 0. The van der Waals surface area contributed by atoms with Crippen LogP contribution in [0.4, 0.5) is 4.39 Å². The summed E-state index contributed by atoms with van der Waals surface area (Å²) in [5.74, 6) is 0. The lowest BCUT2D eigenvalue weighted by Crippen LogP contribution is -2.29. The van der Waals surface area contributed by atoms with Crippen molar-refractivity contribution >= 4 is 15.9 Å². The Morgan fingerprint density at radius 2 is 2.23 bits per heavy atom. The van der Waals surface area contributed by atoms with Crippen LogP contribution < -0.4 is 0 Å². The fourth-order valence-electron chi connectivity index (χ4n) is 1.57. The summed E-state index contributed by atoms with van der Waals surface area (Å²) in [5.41, 5.74) is 0.253. The fourth-order valence-corrected chi connectivity index (χ4v) is 2.10. The van der Waals surface area contributed by atoms with Gasteiger partial charge in [-0.3, -0.25) is 0 Å². The maximum Gasteiger partial charge on any atom is 0.156 e. The lowest BCUT2D eigenvalue weighted by molar-refractivity contribution is -0.00626. The third-order valence-corrected chi connectivity index (χ3v) is 3.03. The van der Waals surface area contributed by atoms with Gasteiger partial charge in [0.2, 0.25) is 0 Å². The fraction of sp³-hybridized carbons (Fsp3) is 0.400. The molecule has 0 spiro atoms. The summed E-state index contributed by atoms with van der Waals surface area (Å²) in [6, 6.07) is 7.43. The third-order valence-electron chi connectivity index (χ3n) is 2.27. The molecule has 0 saturated heterocycles. The molecule has 1 aromatic rings. The van der Waals surface area contributed by atoms with Crippen LogP contribution in [0.3, 0.4) is 0 Å². The summed E-state index contributed by atoms with van der Waals surface area (Å²) in [5, 5.41) is -0.174. The summed E-state index contributed by atoms with van der Waals surface area (Å²) in [6.45, 7) is 1.66. The largest absolute Gasteiger partial charge is 0.359 e. The second kappa shape index (κ2) is 3.07. The summed E-state index contributed by atoms with van der Waals surface area (Å²) < 4.78 is 19.2. The highest BCUT2D eigenvalue weighted by atomic mass is 79.9. The topological polar surface area (TPSA) is 9.23 Å². The molecule has 2 unspecified atom stereocenters. The van der Waals surface area contributed by atoms with Crippen LogP contribution in [0.15, 0.2) is 24.3 Å². The van der Waals surface area contributed by atoms with Gasteiger partial charge in [0.05, 0.1) is 6.61 Å². The number of hydrogen-bond donors (Lipinski definition) is 0. The molecule has 70 valence electrons. The second-order valence-corrected chi connectivity index (χ2v) is 4.24. The molecular formula is C10H10BrFO. The Bertz CT molecular complexity index is 324. The van der Waals surface area contributed by atoms with Crippen LogP contribution in [0.1, 0.15) is 23.1 Å². The highest BCUT2D eigenvalue weighted by Crippen LogP contribution is 2.41. The summed E-state index contributed by atoms with van der Waals surface area (Å²) in [6.07, 6.45) is 0. The molecule has 0 aliphatic carbocycles. The molecule has 0 N–H and O–H groups in total. The molecule has 1 aromatic carbocycles. The van der Waals surface area contributed by atoms with Crippen molar-refractivity contribution in [3.05, 3.63) is 35.4 Å². The van der Waals surface area contributed by atoms with Crippen LogP contribution in [0, 0.1) is 0 Å². The van der Waals surface area contributed by atoms with E-state index in [1.54, 1.807) is 6.92 Å². The normalized spacial score (nSPS) is 32.7. The van der Waals surface area contributed by atoms with Crippen LogP contribution in [0.2, 0.25) is 0 Å². The maximum absolute atomic E-state index is 13.9. The Kier molecular flexibility index (Phi) is 2.16. The van der Waals surface area contributed by atoms with Crippen molar-refractivity contribution in [2.24, 2.45) is 0 Å². The van der Waals surface area contributed by atoms with Gasteiger partial charge >= 0.3 is 0 Å². The standard InChI is InChI=1S/C10H10BrFO/c1-10(12)6-13-9(11)7-4-2-3-5-8(7)10/h2-5,9H,6H2,1H3. The van der Waals surface area contributed by atoms with Gasteiger partial charge in [-0.2, -0.15) is 0 Å². The van der Waals surface area contributed by atoms with E-state index in [4.69, 9.17) is 4.74 Å². The van der Waals surface area contributed by atoms with Crippen molar-refractivity contribution < 1.29 is 9.13 Å². The molecule has 0 amide bonds. The Balaban J connectivity index is 2.55. The van der Waals surface area contributed by atoms with E-state index in [1.807, 2.05) is 24.3 Å². The molecule has 0 aromatic heterocycles. The minimum absolute atomic E-state index is 0.111. The SMILES string of the molecule is CC1(F)COC(Br)c2ccccc21. The maximum atomic E-state index is 13.9. The summed E-state index contributed by atoms with van der Waals surface area (Å²) in [4.78, 5) is 0. The molecule has 0 radical (unpaired) electrons. The number of benzene rings is 1. The van der Waals surface area contributed by atoms with Crippen LogP contribution in [-0.2, 0) is 10.4 Å². The quantitative estimate of drug-likeness (QED) is 0.637. The van der Waals surface area contributed by atoms with Crippen molar-refractivity contribution in [3.63, 3.8) is 0 Å².